The zero-order valence-electron chi connectivity index (χ0n) is 20.4. The molecule has 4 rings (SSSR count). The summed E-state index contributed by atoms with van der Waals surface area (Å²) in [5, 5.41) is 26.7. The summed E-state index contributed by atoms with van der Waals surface area (Å²) in [6.45, 7) is 0.222. The van der Waals surface area contributed by atoms with Gasteiger partial charge in [-0.1, -0.05) is 0 Å². The maximum Gasteiger partial charge on any atom is 0.410 e. The van der Waals surface area contributed by atoms with Gasteiger partial charge in [-0.3, -0.25) is 25.0 Å². The first-order valence-corrected chi connectivity index (χ1v) is 12.4. The number of thiol groups is 1. The summed E-state index contributed by atoms with van der Waals surface area (Å²) < 4.78 is 10.6. The van der Waals surface area contributed by atoms with Gasteiger partial charge >= 0.3 is 12.2 Å². The monoisotopic (exact) mass is 559 g/mol. The van der Waals surface area contributed by atoms with Crippen LogP contribution in [0.1, 0.15) is 17.5 Å². The summed E-state index contributed by atoms with van der Waals surface area (Å²) in [6, 6.07) is 9.70. The van der Waals surface area contributed by atoms with Gasteiger partial charge in [0.2, 0.25) is 5.91 Å². The van der Waals surface area contributed by atoms with Crippen LogP contribution in [0.4, 0.5) is 21.0 Å². The number of non-ortho nitro benzene ring substituents is 2. The zero-order valence-corrected chi connectivity index (χ0v) is 21.3. The number of carbonyl (C=O) groups excluding carboxylic acids is 3. The van der Waals surface area contributed by atoms with Crippen molar-refractivity contribution < 1.29 is 33.7 Å². The third-order valence-corrected chi connectivity index (χ3v) is 6.95. The summed E-state index contributed by atoms with van der Waals surface area (Å²) in [7, 11) is 0. The number of nitrogens with one attached hydrogen (secondary N) is 2. The van der Waals surface area contributed by atoms with E-state index in [1.165, 1.54) is 53.4 Å². The number of benzene rings is 2. The first-order chi connectivity index (χ1) is 18.6. The number of amides is 3. The van der Waals surface area contributed by atoms with E-state index in [1.54, 1.807) is 0 Å². The lowest BCUT2D eigenvalue weighted by atomic mass is 9.92. The maximum absolute atomic E-state index is 12.9. The fourth-order valence-electron chi connectivity index (χ4n) is 4.60. The highest BCUT2D eigenvalue weighted by Gasteiger charge is 2.48. The molecular formula is C24H25N5O9S. The van der Waals surface area contributed by atoms with Crippen LogP contribution in [0, 0.1) is 26.1 Å². The van der Waals surface area contributed by atoms with Crippen LogP contribution in [0.3, 0.4) is 0 Å². The second-order valence-corrected chi connectivity index (χ2v) is 9.85. The molecule has 14 nitrogen and oxygen atoms in total. The fourth-order valence-corrected chi connectivity index (χ4v) is 5.00. The largest absolute Gasteiger partial charge is 0.445 e. The minimum Gasteiger partial charge on any atom is -0.445 e. The minimum atomic E-state index is -0.969. The Morgan fingerprint density at radius 2 is 1.51 bits per heavy atom. The topological polar surface area (TPSA) is 183 Å². The predicted molar refractivity (Wildman–Crippen MR) is 138 cm³/mol. The normalized spacial score (nSPS) is 22.2. The number of alkyl carbamates (subject to hydrolysis) is 1. The maximum atomic E-state index is 12.9. The van der Waals surface area contributed by atoms with Gasteiger partial charge in [-0.05, 0) is 41.8 Å². The smallest absolute Gasteiger partial charge is 0.410 e. The van der Waals surface area contributed by atoms with Gasteiger partial charge in [0.05, 0.1) is 9.85 Å². The average molecular weight is 560 g/mol. The number of rotatable bonds is 8. The summed E-state index contributed by atoms with van der Waals surface area (Å²) in [4.78, 5) is 60.0. The molecule has 39 heavy (non-hydrogen) atoms. The van der Waals surface area contributed by atoms with E-state index in [0.717, 1.165) is 0 Å². The molecule has 0 spiro atoms. The number of hydrogen-bond donors (Lipinski definition) is 3. The van der Waals surface area contributed by atoms with Gasteiger partial charge in [0, 0.05) is 54.6 Å². The fraction of sp³-hybridized carbons (Fsp3) is 0.375. The first kappa shape index (κ1) is 27.6. The highest BCUT2D eigenvalue weighted by Crippen LogP contribution is 2.32. The van der Waals surface area contributed by atoms with Crippen LogP contribution in [0.25, 0.3) is 0 Å². The molecule has 2 aliphatic rings. The van der Waals surface area contributed by atoms with E-state index in [0.29, 0.717) is 17.5 Å². The molecule has 3 amide bonds. The second-order valence-electron chi connectivity index (χ2n) is 9.12. The van der Waals surface area contributed by atoms with Crippen LogP contribution >= 0.6 is 12.6 Å². The van der Waals surface area contributed by atoms with Gasteiger partial charge in [0.25, 0.3) is 11.4 Å². The van der Waals surface area contributed by atoms with Crippen LogP contribution < -0.4 is 10.6 Å². The lowest BCUT2D eigenvalue weighted by Crippen LogP contribution is -2.50. The number of hydrogen-bond acceptors (Lipinski definition) is 10. The van der Waals surface area contributed by atoms with Gasteiger partial charge < -0.3 is 25.0 Å². The van der Waals surface area contributed by atoms with Crippen molar-refractivity contribution >= 4 is 42.1 Å². The molecule has 0 radical (unpaired) electrons. The third kappa shape index (κ3) is 6.73. The molecule has 2 aliphatic heterocycles. The van der Waals surface area contributed by atoms with Crippen molar-refractivity contribution in [2.24, 2.45) is 5.92 Å². The van der Waals surface area contributed by atoms with Gasteiger partial charge in [-0.2, -0.15) is 12.6 Å². The van der Waals surface area contributed by atoms with Crippen molar-refractivity contribution in [3.8, 4) is 0 Å². The Morgan fingerprint density at radius 3 is 2.05 bits per heavy atom. The molecular weight excluding hydrogens is 534 g/mol. The molecule has 2 saturated heterocycles. The molecule has 2 fully saturated rings. The van der Waals surface area contributed by atoms with Gasteiger partial charge in [-0.25, -0.2) is 9.59 Å². The summed E-state index contributed by atoms with van der Waals surface area (Å²) in [6.07, 6.45) is -1.02. The van der Waals surface area contributed by atoms with E-state index < -0.39 is 45.9 Å². The second kappa shape index (κ2) is 12.0. The van der Waals surface area contributed by atoms with E-state index in [9.17, 15) is 34.6 Å². The van der Waals surface area contributed by atoms with Crippen LogP contribution in [0.2, 0.25) is 0 Å². The van der Waals surface area contributed by atoms with E-state index in [2.05, 4.69) is 23.3 Å². The Hall–Kier alpha value is -4.40. The molecule has 2 aromatic carbocycles. The van der Waals surface area contributed by atoms with Gasteiger partial charge in [0.1, 0.15) is 19.3 Å². The number of nitrogens with zero attached hydrogens (tertiary/aromatic N) is 3. The number of likely N-dealkylation sites (tertiary alicyclic amines) is 1. The third-order valence-electron chi connectivity index (χ3n) is 6.57. The molecule has 2 N–H and O–H groups in total. The molecule has 2 heterocycles. The molecule has 0 aromatic heterocycles. The predicted octanol–water partition coefficient (Wildman–Crippen LogP) is 2.55. The van der Waals surface area contributed by atoms with E-state index in [1.807, 2.05) is 0 Å². The number of nitro groups is 2. The lowest BCUT2D eigenvalue weighted by molar-refractivity contribution is -0.385. The van der Waals surface area contributed by atoms with Crippen molar-refractivity contribution in [3.63, 3.8) is 0 Å². The van der Waals surface area contributed by atoms with E-state index in [-0.39, 0.29) is 42.9 Å². The summed E-state index contributed by atoms with van der Waals surface area (Å²) >= 11 is 4.51. The molecule has 0 aliphatic carbocycles. The Kier molecular flexibility index (Phi) is 8.49. The number of carbonyl (C=O) groups is 3. The van der Waals surface area contributed by atoms with Crippen molar-refractivity contribution in [1.82, 2.24) is 15.5 Å². The molecule has 206 valence electrons. The summed E-state index contributed by atoms with van der Waals surface area (Å²) in [5.74, 6) is -0.900. The first-order valence-electron chi connectivity index (χ1n) is 11.9. The van der Waals surface area contributed by atoms with Crippen LogP contribution in [-0.4, -0.2) is 63.3 Å². The lowest BCUT2D eigenvalue weighted by Gasteiger charge is -2.30. The number of ether oxygens (including phenoxy) is 2. The minimum absolute atomic E-state index is 0.0780. The molecule has 2 aromatic rings. The van der Waals surface area contributed by atoms with Gasteiger partial charge in [-0.15, -0.1) is 0 Å². The molecule has 15 heteroatoms. The van der Waals surface area contributed by atoms with Crippen molar-refractivity contribution in [1.29, 1.82) is 0 Å². The summed E-state index contributed by atoms with van der Waals surface area (Å²) in [5.41, 5.74) is 0.924. The van der Waals surface area contributed by atoms with Crippen molar-refractivity contribution in [2.45, 2.75) is 37.0 Å². The molecule has 2 unspecified atom stereocenters. The Bertz CT molecular complexity index is 1260. The Balaban J connectivity index is 1.35. The van der Waals surface area contributed by atoms with Crippen molar-refractivity contribution in [3.05, 3.63) is 79.9 Å². The number of nitro benzene ring substituents is 2. The van der Waals surface area contributed by atoms with Crippen LogP contribution in [0.15, 0.2) is 48.5 Å². The van der Waals surface area contributed by atoms with Gasteiger partial charge in [0.15, 0.2) is 0 Å². The van der Waals surface area contributed by atoms with Crippen LogP contribution in [0.5, 0.6) is 0 Å². The molecule has 0 bridgehead atoms. The highest BCUT2D eigenvalue weighted by atomic mass is 32.1. The van der Waals surface area contributed by atoms with Crippen molar-refractivity contribution in [2.75, 3.05) is 13.1 Å². The SMILES string of the molecule is O=C(NC1C(=O)NCC1[C@@H]1C[C@H](S)CN1C(=O)OCc1ccc([N+](=O)[O-])cc1)OCc1ccc([N+](=O)[O-])cc1. The Morgan fingerprint density at radius 1 is 0.974 bits per heavy atom. The quantitative estimate of drug-likeness (QED) is 0.248. The molecule has 4 atom stereocenters. The standard InChI is InChI=1S/C24H25N5O9S/c30-22-21(26-23(31)37-12-14-1-5-16(6-2-14)28(33)34)19(10-25-22)20-9-18(39)11-27(20)24(32)38-13-15-3-7-17(8-4-15)29(35)36/h1-8,18-21,39H,9-13H2,(H,25,30)(H,26,31)/t18-,19?,20-,21?/m0/s1. The van der Waals surface area contributed by atoms with Crippen LogP contribution in [-0.2, 0) is 27.5 Å². The average Bonchev–Trinajstić information content (AvgIpc) is 3.48. The molecule has 0 saturated carbocycles. The Labute approximate surface area is 227 Å². The van der Waals surface area contributed by atoms with E-state index >= 15 is 0 Å². The van der Waals surface area contributed by atoms with E-state index in [4.69, 9.17) is 9.47 Å². The zero-order chi connectivity index (χ0) is 28.1. The highest BCUT2D eigenvalue weighted by molar-refractivity contribution is 7.81.